The fourth-order valence-electron chi connectivity index (χ4n) is 2.65. The monoisotopic (exact) mass is 380 g/mol. The summed E-state index contributed by atoms with van der Waals surface area (Å²) in [5.74, 6) is 0.787. The zero-order valence-corrected chi connectivity index (χ0v) is 15.5. The molecule has 134 valence electrons. The van der Waals surface area contributed by atoms with Gasteiger partial charge in [0.15, 0.2) is 15.7 Å². The van der Waals surface area contributed by atoms with Crippen LogP contribution in [0.2, 0.25) is 0 Å². The normalized spacial score (nSPS) is 19.0. The summed E-state index contributed by atoms with van der Waals surface area (Å²) in [6.07, 6.45) is 1.46. The van der Waals surface area contributed by atoms with E-state index in [1.807, 2.05) is 24.3 Å². The number of H-pyrrole nitrogens is 1. The second kappa shape index (κ2) is 7.57. The third-order valence-electron chi connectivity index (χ3n) is 4.03. The summed E-state index contributed by atoms with van der Waals surface area (Å²) in [6, 6.07) is 7.79. The van der Waals surface area contributed by atoms with Gasteiger partial charge in [0.1, 0.15) is 0 Å². The molecule has 0 saturated carbocycles. The van der Waals surface area contributed by atoms with Gasteiger partial charge in [-0.05, 0) is 18.4 Å². The van der Waals surface area contributed by atoms with Gasteiger partial charge in [0.2, 0.25) is 11.1 Å². The Bertz CT molecular complexity index is 847. The number of aromatic nitrogens is 3. The van der Waals surface area contributed by atoms with E-state index < -0.39 is 9.84 Å². The number of thioether (sulfide) groups is 1. The van der Waals surface area contributed by atoms with E-state index in [-0.39, 0.29) is 29.2 Å². The van der Waals surface area contributed by atoms with Crippen molar-refractivity contribution in [3.63, 3.8) is 0 Å². The number of nitrogens with zero attached hydrogens (tertiary/aromatic N) is 2. The van der Waals surface area contributed by atoms with Crippen molar-refractivity contribution in [3.8, 4) is 11.4 Å². The molecule has 1 aromatic carbocycles. The van der Waals surface area contributed by atoms with Crippen LogP contribution in [-0.4, -0.2) is 52.8 Å². The molecule has 0 unspecified atom stereocenters. The molecule has 3 rings (SSSR count). The van der Waals surface area contributed by atoms with E-state index in [1.165, 1.54) is 17.3 Å². The van der Waals surface area contributed by atoms with Gasteiger partial charge in [0.05, 0.1) is 17.3 Å². The van der Waals surface area contributed by atoms with Crippen LogP contribution in [0.15, 0.2) is 29.4 Å². The van der Waals surface area contributed by atoms with E-state index in [0.29, 0.717) is 17.4 Å². The van der Waals surface area contributed by atoms with Crippen molar-refractivity contribution in [1.82, 2.24) is 20.5 Å². The minimum absolute atomic E-state index is 0.0297. The topological polar surface area (TPSA) is 105 Å². The van der Waals surface area contributed by atoms with Crippen LogP contribution in [-0.2, 0) is 21.1 Å². The third-order valence-corrected chi connectivity index (χ3v) is 6.65. The number of benzene rings is 1. The van der Waals surface area contributed by atoms with Crippen molar-refractivity contribution >= 4 is 27.5 Å². The Kier molecular flexibility index (Phi) is 5.43. The Labute approximate surface area is 150 Å². The smallest absolute Gasteiger partial charge is 0.230 e. The Morgan fingerprint density at radius 2 is 2.12 bits per heavy atom. The zero-order chi connectivity index (χ0) is 17.9. The highest BCUT2D eigenvalue weighted by Gasteiger charge is 2.28. The predicted octanol–water partition coefficient (Wildman–Crippen LogP) is 1.43. The molecule has 7 nitrogen and oxygen atoms in total. The maximum Gasteiger partial charge on any atom is 0.230 e. The van der Waals surface area contributed by atoms with Gasteiger partial charge in [-0.1, -0.05) is 43.0 Å². The number of carbonyl (C=O) groups excluding carboxylic acids is 1. The molecule has 9 heteroatoms. The van der Waals surface area contributed by atoms with Crippen LogP contribution >= 0.6 is 11.8 Å². The van der Waals surface area contributed by atoms with Crippen LogP contribution in [0.4, 0.5) is 0 Å². The number of rotatable bonds is 6. The summed E-state index contributed by atoms with van der Waals surface area (Å²) in [6.45, 7) is 2.10. The van der Waals surface area contributed by atoms with E-state index in [0.717, 1.165) is 12.0 Å². The highest BCUT2D eigenvalue weighted by Crippen LogP contribution is 2.20. The zero-order valence-electron chi connectivity index (χ0n) is 13.9. The minimum atomic E-state index is -2.99. The molecule has 1 amide bonds. The summed E-state index contributed by atoms with van der Waals surface area (Å²) in [5, 5.41) is 10.2. The maximum atomic E-state index is 11.9. The van der Waals surface area contributed by atoms with Gasteiger partial charge in [-0.2, -0.15) is 0 Å². The molecule has 2 aromatic rings. The maximum absolute atomic E-state index is 11.9. The number of hydrogen-bond acceptors (Lipinski definition) is 6. The van der Waals surface area contributed by atoms with Crippen LogP contribution in [0.3, 0.4) is 0 Å². The highest BCUT2D eigenvalue weighted by molar-refractivity contribution is 7.99. The molecule has 0 spiro atoms. The van der Waals surface area contributed by atoms with E-state index in [1.54, 1.807) is 0 Å². The van der Waals surface area contributed by atoms with Crippen LogP contribution in [0.1, 0.15) is 18.9 Å². The molecule has 2 heterocycles. The lowest BCUT2D eigenvalue weighted by Gasteiger charge is -2.09. The quantitative estimate of drug-likeness (QED) is 0.735. The van der Waals surface area contributed by atoms with Gasteiger partial charge >= 0.3 is 0 Å². The minimum Gasteiger partial charge on any atom is -0.352 e. The summed E-state index contributed by atoms with van der Waals surface area (Å²) >= 11 is 1.22. The Hall–Kier alpha value is -1.87. The molecule has 2 N–H and O–H groups in total. The fourth-order valence-corrected chi connectivity index (χ4v) is 4.93. The van der Waals surface area contributed by atoms with E-state index in [9.17, 15) is 13.2 Å². The lowest BCUT2D eigenvalue weighted by Crippen LogP contribution is -2.36. The van der Waals surface area contributed by atoms with Crippen LogP contribution in [0, 0.1) is 0 Å². The van der Waals surface area contributed by atoms with Crippen LogP contribution in [0.5, 0.6) is 0 Å². The summed E-state index contributed by atoms with van der Waals surface area (Å²) in [4.78, 5) is 16.3. The van der Waals surface area contributed by atoms with Crippen molar-refractivity contribution in [2.24, 2.45) is 0 Å². The van der Waals surface area contributed by atoms with Gasteiger partial charge in [-0.15, -0.1) is 5.10 Å². The summed E-state index contributed by atoms with van der Waals surface area (Å²) < 4.78 is 22.8. The highest BCUT2D eigenvalue weighted by atomic mass is 32.2. The average molecular weight is 380 g/mol. The number of carbonyl (C=O) groups is 1. The van der Waals surface area contributed by atoms with Gasteiger partial charge in [0.25, 0.3) is 0 Å². The van der Waals surface area contributed by atoms with E-state index in [4.69, 9.17) is 0 Å². The second-order valence-electron chi connectivity index (χ2n) is 5.97. The summed E-state index contributed by atoms with van der Waals surface area (Å²) in [5.41, 5.74) is 2.20. The van der Waals surface area contributed by atoms with Gasteiger partial charge in [0, 0.05) is 11.6 Å². The molecule has 25 heavy (non-hydrogen) atoms. The molecule has 1 saturated heterocycles. The first-order chi connectivity index (χ1) is 11.9. The first-order valence-electron chi connectivity index (χ1n) is 8.09. The Morgan fingerprint density at radius 3 is 2.76 bits per heavy atom. The third kappa shape index (κ3) is 4.82. The molecule has 0 radical (unpaired) electrons. The molecule has 0 bridgehead atoms. The number of aryl methyl sites for hydroxylation is 1. The first kappa shape index (κ1) is 17.9. The SMILES string of the molecule is CCc1ccc(-c2nc(SCC(=O)N[C@H]3CCS(=O)(=O)C3)n[nH]2)cc1. The molecule has 1 aliphatic rings. The molecule has 1 fully saturated rings. The molecule has 1 aromatic heterocycles. The molecule has 1 aliphatic heterocycles. The van der Waals surface area contributed by atoms with E-state index in [2.05, 4.69) is 27.4 Å². The number of nitrogens with one attached hydrogen (secondary N) is 2. The van der Waals surface area contributed by atoms with Crippen LogP contribution < -0.4 is 5.32 Å². The van der Waals surface area contributed by atoms with Crippen LogP contribution in [0.25, 0.3) is 11.4 Å². The number of sulfone groups is 1. The van der Waals surface area contributed by atoms with Crippen molar-refractivity contribution in [2.75, 3.05) is 17.3 Å². The van der Waals surface area contributed by atoms with Crippen molar-refractivity contribution in [3.05, 3.63) is 29.8 Å². The largest absolute Gasteiger partial charge is 0.352 e. The number of amides is 1. The molecule has 0 aliphatic carbocycles. The Balaban J connectivity index is 1.52. The standard InChI is InChI=1S/C16H20N4O3S2/c1-2-11-3-5-12(6-4-11)15-18-16(20-19-15)24-9-14(21)17-13-7-8-25(22,23)10-13/h3-6,13H,2,7-10H2,1H3,(H,17,21)(H,18,19,20)/t13-/m0/s1. The first-order valence-corrected chi connectivity index (χ1v) is 10.9. The number of hydrogen-bond donors (Lipinski definition) is 2. The second-order valence-corrected chi connectivity index (χ2v) is 9.14. The van der Waals surface area contributed by atoms with Gasteiger partial charge in [-0.25, -0.2) is 13.4 Å². The van der Waals surface area contributed by atoms with Gasteiger partial charge < -0.3 is 5.32 Å². The van der Waals surface area contributed by atoms with E-state index >= 15 is 0 Å². The molecular weight excluding hydrogens is 360 g/mol. The Morgan fingerprint density at radius 1 is 1.36 bits per heavy atom. The van der Waals surface area contributed by atoms with Crippen molar-refractivity contribution in [1.29, 1.82) is 0 Å². The average Bonchev–Trinajstić information content (AvgIpc) is 3.19. The fraction of sp³-hybridized carbons (Fsp3) is 0.438. The number of aromatic amines is 1. The predicted molar refractivity (Wildman–Crippen MR) is 97.1 cm³/mol. The molecular formula is C16H20N4O3S2. The summed E-state index contributed by atoms with van der Waals surface area (Å²) in [7, 11) is -2.99. The van der Waals surface area contributed by atoms with Gasteiger partial charge in [-0.3, -0.25) is 9.89 Å². The van der Waals surface area contributed by atoms with Crippen molar-refractivity contribution in [2.45, 2.75) is 31.0 Å². The molecule has 1 atom stereocenters. The lowest BCUT2D eigenvalue weighted by atomic mass is 10.1. The van der Waals surface area contributed by atoms with Crippen molar-refractivity contribution < 1.29 is 13.2 Å². The lowest BCUT2D eigenvalue weighted by molar-refractivity contribution is -0.119.